The first-order valence-corrected chi connectivity index (χ1v) is 10.6. The van der Waals surface area contributed by atoms with E-state index in [9.17, 15) is 14.7 Å². The van der Waals surface area contributed by atoms with Crippen molar-refractivity contribution in [1.82, 2.24) is 4.90 Å². The molecule has 164 valence electrons. The number of carbonyl (C=O) groups excluding carboxylic acids is 2. The molecular formula is C25H29NO5. The highest BCUT2D eigenvalue weighted by Crippen LogP contribution is 2.28. The fourth-order valence-electron chi connectivity index (χ4n) is 3.78. The normalized spacial score (nSPS) is 18.5. The third kappa shape index (κ3) is 6.43. The van der Waals surface area contributed by atoms with Crippen molar-refractivity contribution in [2.45, 2.75) is 31.5 Å². The van der Waals surface area contributed by atoms with Crippen molar-refractivity contribution in [3.05, 3.63) is 84.4 Å². The summed E-state index contributed by atoms with van der Waals surface area (Å²) in [6, 6.07) is 19.3. The van der Waals surface area contributed by atoms with E-state index >= 15 is 0 Å². The molecule has 0 aliphatic carbocycles. The first-order valence-electron chi connectivity index (χ1n) is 10.6. The summed E-state index contributed by atoms with van der Waals surface area (Å²) in [6.07, 6.45) is 1.21. The first kappa shape index (κ1) is 22.6. The zero-order valence-electron chi connectivity index (χ0n) is 17.6. The summed E-state index contributed by atoms with van der Waals surface area (Å²) in [6.45, 7) is 4.35. The van der Waals surface area contributed by atoms with Gasteiger partial charge in [-0.1, -0.05) is 73.3 Å². The summed E-state index contributed by atoms with van der Waals surface area (Å²) in [5.41, 5.74) is 1.82. The molecule has 1 saturated heterocycles. The van der Waals surface area contributed by atoms with E-state index in [4.69, 9.17) is 9.47 Å². The van der Waals surface area contributed by atoms with Gasteiger partial charge in [-0.05, 0) is 29.9 Å². The molecule has 3 rings (SSSR count). The van der Waals surface area contributed by atoms with Crippen LogP contribution in [-0.2, 0) is 14.3 Å². The molecule has 6 heteroatoms. The Hall–Kier alpha value is -3.12. The first-order chi connectivity index (χ1) is 15.1. The van der Waals surface area contributed by atoms with Gasteiger partial charge in [0.25, 0.3) is 0 Å². The Morgan fingerprint density at radius 3 is 2.26 bits per heavy atom. The molecule has 0 aromatic heterocycles. The molecule has 1 fully saturated rings. The summed E-state index contributed by atoms with van der Waals surface area (Å²) in [5.74, 6) is -0.374. The van der Waals surface area contributed by atoms with Crippen LogP contribution < -0.4 is 0 Å². The number of likely N-dealkylation sites (tertiary alicyclic amines) is 1. The molecule has 1 heterocycles. The number of rotatable bonds is 8. The fraction of sp³-hybridized carbons (Fsp3) is 0.360. The summed E-state index contributed by atoms with van der Waals surface area (Å²) < 4.78 is 10.9. The number of β-amino-alcohol motifs (C(OH)–C–C–N with tert-alkyl or cyclic N) is 1. The Labute approximate surface area is 183 Å². The van der Waals surface area contributed by atoms with Crippen LogP contribution in [0.15, 0.2) is 73.3 Å². The second kappa shape index (κ2) is 11.3. The quantitative estimate of drug-likeness (QED) is 0.511. The summed E-state index contributed by atoms with van der Waals surface area (Å²) in [5, 5.41) is 10.4. The molecule has 0 spiro atoms. The monoisotopic (exact) mass is 423 g/mol. The lowest BCUT2D eigenvalue weighted by atomic mass is 9.90. The van der Waals surface area contributed by atoms with Gasteiger partial charge in [0.15, 0.2) is 6.10 Å². The number of aliphatic hydroxyl groups excluding tert-OH is 1. The van der Waals surface area contributed by atoms with E-state index < -0.39 is 18.3 Å². The van der Waals surface area contributed by atoms with Crippen molar-refractivity contribution >= 4 is 12.1 Å². The van der Waals surface area contributed by atoms with Crippen LogP contribution in [0.5, 0.6) is 0 Å². The lowest BCUT2D eigenvalue weighted by Gasteiger charge is -2.35. The third-order valence-corrected chi connectivity index (χ3v) is 5.48. The second-order valence-corrected chi connectivity index (χ2v) is 7.66. The Balaban J connectivity index is 1.54. The summed E-state index contributed by atoms with van der Waals surface area (Å²) in [7, 11) is 0. The SMILES string of the molecule is C=CCOC(=O)N1CCC(CCC(=O)OC(c2ccccc2)c2ccccc2)C(O)C1. The van der Waals surface area contributed by atoms with E-state index in [-0.39, 0.29) is 31.5 Å². The number of aliphatic hydroxyl groups is 1. The van der Waals surface area contributed by atoms with Crippen molar-refractivity contribution in [3.63, 3.8) is 0 Å². The van der Waals surface area contributed by atoms with Gasteiger partial charge in [-0.3, -0.25) is 4.79 Å². The molecule has 2 atom stereocenters. The number of benzene rings is 2. The number of piperidine rings is 1. The molecule has 1 aliphatic rings. The van der Waals surface area contributed by atoms with Crippen LogP contribution in [0.4, 0.5) is 4.79 Å². The highest BCUT2D eigenvalue weighted by molar-refractivity contribution is 5.70. The van der Waals surface area contributed by atoms with E-state index in [1.165, 1.54) is 11.0 Å². The van der Waals surface area contributed by atoms with Crippen LogP contribution in [0.2, 0.25) is 0 Å². The molecule has 2 unspecified atom stereocenters. The fourth-order valence-corrected chi connectivity index (χ4v) is 3.78. The topological polar surface area (TPSA) is 76.1 Å². The maximum Gasteiger partial charge on any atom is 0.410 e. The standard InChI is InChI=1S/C25H29NO5/c1-2-17-30-25(29)26-16-15-19(22(27)18-26)13-14-23(28)31-24(20-9-5-3-6-10-20)21-11-7-4-8-12-21/h2-12,19,22,24,27H,1,13-18H2. The molecular weight excluding hydrogens is 394 g/mol. The number of nitrogens with zero attached hydrogens (tertiary/aromatic N) is 1. The highest BCUT2D eigenvalue weighted by Gasteiger charge is 2.31. The van der Waals surface area contributed by atoms with Crippen molar-refractivity contribution in [2.24, 2.45) is 5.92 Å². The molecule has 0 radical (unpaired) electrons. The van der Waals surface area contributed by atoms with Crippen LogP contribution in [0, 0.1) is 5.92 Å². The van der Waals surface area contributed by atoms with E-state index in [0.717, 1.165) is 11.1 Å². The number of esters is 1. The van der Waals surface area contributed by atoms with Gasteiger partial charge in [-0.2, -0.15) is 0 Å². The van der Waals surface area contributed by atoms with E-state index in [1.54, 1.807) is 0 Å². The average Bonchev–Trinajstić information content (AvgIpc) is 2.81. The molecule has 2 aromatic carbocycles. The molecule has 1 amide bonds. The predicted octanol–water partition coefficient (Wildman–Crippen LogP) is 4.10. The average molecular weight is 424 g/mol. The van der Waals surface area contributed by atoms with Crippen LogP contribution >= 0.6 is 0 Å². The minimum Gasteiger partial charge on any atom is -0.453 e. The smallest absolute Gasteiger partial charge is 0.410 e. The third-order valence-electron chi connectivity index (χ3n) is 5.48. The summed E-state index contributed by atoms with van der Waals surface area (Å²) >= 11 is 0. The van der Waals surface area contributed by atoms with Gasteiger partial charge in [0.05, 0.1) is 12.6 Å². The Kier molecular flexibility index (Phi) is 8.24. The second-order valence-electron chi connectivity index (χ2n) is 7.66. The largest absolute Gasteiger partial charge is 0.453 e. The van der Waals surface area contributed by atoms with Gasteiger partial charge in [-0.25, -0.2) is 4.79 Å². The van der Waals surface area contributed by atoms with Gasteiger partial charge >= 0.3 is 12.1 Å². The van der Waals surface area contributed by atoms with E-state index in [0.29, 0.717) is 19.4 Å². The number of ether oxygens (including phenoxy) is 2. The molecule has 31 heavy (non-hydrogen) atoms. The van der Waals surface area contributed by atoms with E-state index in [2.05, 4.69) is 6.58 Å². The Morgan fingerprint density at radius 1 is 1.10 bits per heavy atom. The summed E-state index contributed by atoms with van der Waals surface area (Å²) in [4.78, 5) is 26.1. The van der Waals surface area contributed by atoms with Gasteiger partial charge in [-0.15, -0.1) is 0 Å². The maximum atomic E-state index is 12.6. The van der Waals surface area contributed by atoms with Crippen molar-refractivity contribution in [3.8, 4) is 0 Å². The lowest BCUT2D eigenvalue weighted by molar-refractivity contribution is -0.148. The van der Waals surface area contributed by atoms with Crippen molar-refractivity contribution in [1.29, 1.82) is 0 Å². The van der Waals surface area contributed by atoms with Crippen LogP contribution in [0.25, 0.3) is 0 Å². The lowest BCUT2D eigenvalue weighted by Crippen LogP contribution is -2.46. The maximum absolute atomic E-state index is 12.6. The number of carbonyl (C=O) groups is 2. The zero-order chi connectivity index (χ0) is 22.1. The van der Waals surface area contributed by atoms with Gasteiger partial charge in [0, 0.05) is 13.0 Å². The molecule has 1 N–H and O–H groups in total. The molecule has 1 aliphatic heterocycles. The highest BCUT2D eigenvalue weighted by atomic mass is 16.6. The molecule has 0 saturated carbocycles. The molecule has 6 nitrogen and oxygen atoms in total. The Bertz CT molecular complexity index is 815. The van der Waals surface area contributed by atoms with Crippen molar-refractivity contribution in [2.75, 3.05) is 19.7 Å². The van der Waals surface area contributed by atoms with Gasteiger partial charge in [0.2, 0.25) is 0 Å². The van der Waals surface area contributed by atoms with Crippen LogP contribution in [-0.4, -0.2) is 47.9 Å². The minimum atomic E-state index is -0.697. The molecule has 2 aromatic rings. The van der Waals surface area contributed by atoms with Crippen molar-refractivity contribution < 1.29 is 24.2 Å². The molecule has 0 bridgehead atoms. The predicted molar refractivity (Wildman–Crippen MR) is 117 cm³/mol. The van der Waals surface area contributed by atoms with Gasteiger partial charge < -0.3 is 19.5 Å². The minimum absolute atomic E-state index is 0.0668. The van der Waals surface area contributed by atoms with E-state index in [1.807, 2.05) is 60.7 Å². The number of amides is 1. The number of hydrogen-bond acceptors (Lipinski definition) is 5. The van der Waals surface area contributed by atoms with Crippen LogP contribution in [0.1, 0.15) is 36.5 Å². The zero-order valence-corrected chi connectivity index (χ0v) is 17.6. The Morgan fingerprint density at radius 2 is 1.71 bits per heavy atom. The number of hydrogen-bond donors (Lipinski definition) is 1. The van der Waals surface area contributed by atoms with Gasteiger partial charge in [0.1, 0.15) is 6.61 Å². The van der Waals surface area contributed by atoms with Crippen LogP contribution in [0.3, 0.4) is 0 Å².